The van der Waals surface area contributed by atoms with Gasteiger partial charge in [0, 0.05) is 5.02 Å². The lowest BCUT2D eigenvalue weighted by Crippen LogP contribution is -2.27. The van der Waals surface area contributed by atoms with Crippen LogP contribution >= 0.6 is 23.4 Å². The Hall–Kier alpha value is -2.56. The molecule has 3 nitrogen and oxygen atoms in total. The van der Waals surface area contributed by atoms with Crippen LogP contribution in [0.25, 0.3) is 16.8 Å². The quantitative estimate of drug-likeness (QED) is 0.545. The summed E-state index contributed by atoms with van der Waals surface area (Å²) in [5.74, 6) is -0.284. The summed E-state index contributed by atoms with van der Waals surface area (Å²) in [5, 5.41) is 2.41. The molecule has 0 unspecified atom stereocenters. The first kappa shape index (κ1) is 16.9. The number of carbonyl (C=O) groups excluding carboxylic acids is 2. The second-order valence-electron chi connectivity index (χ2n) is 5.93. The minimum atomic E-state index is -0.284. The van der Waals surface area contributed by atoms with Crippen molar-refractivity contribution in [1.82, 2.24) is 4.90 Å². The molecule has 0 atom stereocenters. The Kier molecular flexibility index (Phi) is 4.53. The van der Waals surface area contributed by atoms with Gasteiger partial charge in [-0.2, -0.15) is 0 Å². The number of benzene rings is 3. The highest BCUT2D eigenvalue weighted by Crippen LogP contribution is 2.35. The third-order valence-electron chi connectivity index (χ3n) is 4.27. The van der Waals surface area contributed by atoms with E-state index in [4.69, 9.17) is 11.6 Å². The van der Waals surface area contributed by atoms with Crippen molar-refractivity contribution in [2.75, 3.05) is 0 Å². The minimum Gasteiger partial charge on any atom is -0.268 e. The maximum absolute atomic E-state index is 12.7. The number of imide groups is 1. The first-order chi connectivity index (χ1) is 12.6. The van der Waals surface area contributed by atoms with E-state index in [1.807, 2.05) is 60.7 Å². The predicted molar refractivity (Wildman–Crippen MR) is 107 cm³/mol. The number of fused-ring (bicyclic) bond motifs is 1. The van der Waals surface area contributed by atoms with Crippen molar-refractivity contribution in [2.45, 2.75) is 6.54 Å². The number of thioether (sulfide) groups is 1. The van der Waals surface area contributed by atoms with Gasteiger partial charge in [-0.3, -0.25) is 14.5 Å². The number of hydrogen-bond donors (Lipinski definition) is 0. The lowest BCUT2D eigenvalue weighted by molar-refractivity contribution is -0.123. The van der Waals surface area contributed by atoms with Crippen LogP contribution in [0.4, 0.5) is 4.79 Å². The Bertz CT molecular complexity index is 1060. The van der Waals surface area contributed by atoms with Gasteiger partial charge in [-0.25, -0.2) is 0 Å². The minimum absolute atomic E-state index is 0.178. The van der Waals surface area contributed by atoms with Gasteiger partial charge in [0.2, 0.25) is 0 Å². The highest BCUT2D eigenvalue weighted by atomic mass is 35.5. The lowest BCUT2D eigenvalue weighted by Gasteiger charge is -2.13. The van der Waals surface area contributed by atoms with E-state index < -0.39 is 0 Å². The van der Waals surface area contributed by atoms with E-state index >= 15 is 0 Å². The molecule has 26 heavy (non-hydrogen) atoms. The highest BCUT2D eigenvalue weighted by Gasteiger charge is 2.35. The Labute approximate surface area is 160 Å². The van der Waals surface area contributed by atoms with E-state index in [0.717, 1.165) is 33.7 Å². The van der Waals surface area contributed by atoms with Crippen LogP contribution in [0.3, 0.4) is 0 Å². The van der Waals surface area contributed by atoms with Gasteiger partial charge in [0.15, 0.2) is 0 Å². The van der Waals surface area contributed by atoms with E-state index in [9.17, 15) is 9.59 Å². The van der Waals surface area contributed by atoms with Gasteiger partial charge in [0.05, 0.1) is 11.4 Å². The fourth-order valence-corrected chi connectivity index (χ4v) is 3.98. The van der Waals surface area contributed by atoms with Crippen molar-refractivity contribution in [3.8, 4) is 0 Å². The molecule has 128 valence electrons. The molecule has 1 aliphatic rings. The third-order valence-corrected chi connectivity index (χ3v) is 5.55. The Balaban J connectivity index is 1.66. The summed E-state index contributed by atoms with van der Waals surface area (Å²) in [6.07, 6.45) is 1.79. The van der Waals surface area contributed by atoms with E-state index in [0.29, 0.717) is 9.93 Å². The summed E-state index contributed by atoms with van der Waals surface area (Å²) < 4.78 is 0. The third kappa shape index (κ3) is 3.14. The van der Waals surface area contributed by atoms with Crippen molar-refractivity contribution in [1.29, 1.82) is 0 Å². The standard InChI is InChI=1S/C21H14ClNO2S/c22-18-11-4-2-7-16(18)13-23-20(24)19(26-21(23)25)12-15-9-5-8-14-6-1-3-10-17(14)15/h1-12H,13H2/b19-12-. The SMILES string of the molecule is O=C1S/C(=C\c2cccc3ccccc23)C(=O)N1Cc1ccccc1Cl. The van der Waals surface area contributed by atoms with Gasteiger partial charge in [-0.05, 0) is 45.8 Å². The van der Waals surface area contributed by atoms with Crippen LogP contribution in [0.2, 0.25) is 5.02 Å². The summed E-state index contributed by atoms with van der Waals surface area (Å²) in [4.78, 5) is 26.8. The molecule has 0 spiro atoms. The average Bonchev–Trinajstić information content (AvgIpc) is 2.91. The molecule has 5 heteroatoms. The Morgan fingerprint density at radius 2 is 1.65 bits per heavy atom. The molecule has 1 aliphatic heterocycles. The number of amides is 2. The molecule has 1 heterocycles. The van der Waals surface area contributed by atoms with Gasteiger partial charge < -0.3 is 0 Å². The van der Waals surface area contributed by atoms with Crippen LogP contribution in [0.5, 0.6) is 0 Å². The lowest BCUT2D eigenvalue weighted by atomic mass is 10.0. The molecule has 1 saturated heterocycles. The van der Waals surface area contributed by atoms with Crippen LogP contribution in [0, 0.1) is 0 Å². The predicted octanol–water partition coefficient (Wildman–Crippen LogP) is 5.73. The molecule has 0 bridgehead atoms. The molecule has 0 aromatic heterocycles. The highest BCUT2D eigenvalue weighted by molar-refractivity contribution is 8.18. The normalized spacial score (nSPS) is 16.0. The Morgan fingerprint density at radius 3 is 2.50 bits per heavy atom. The van der Waals surface area contributed by atoms with Crippen LogP contribution in [-0.4, -0.2) is 16.0 Å². The van der Waals surface area contributed by atoms with Crippen molar-refractivity contribution in [2.24, 2.45) is 0 Å². The first-order valence-electron chi connectivity index (χ1n) is 8.10. The molecular weight excluding hydrogens is 366 g/mol. The molecular formula is C21H14ClNO2S. The zero-order valence-corrected chi connectivity index (χ0v) is 15.3. The van der Waals surface area contributed by atoms with Crippen molar-refractivity contribution < 1.29 is 9.59 Å². The second kappa shape index (κ2) is 6.98. The molecule has 0 radical (unpaired) electrons. The molecule has 0 N–H and O–H groups in total. The van der Waals surface area contributed by atoms with E-state index in [2.05, 4.69) is 0 Å². The number of nitrogens with zero attached hydrogens (tertiary/aromatic N) is 1. The van der Waals surface area contributed by atoms with Crippen LogP contribution < -0.4 is 0 Å². The van der Waals surface area contributed by atoms with Crippen molar-refractivity contribution >= 4 is 51.4 Å². The van der Waals surface area contributed by atoms with Crippen molar-refractivity contribution in [3.63, 3.8) is 0 Å². The summed E-state index contributed by atoms with van der Waals surface area (Å²) in [7, 11) is 0. The van der Waals surface area contributed by atoms with E-state index in [1.165, 1.54) is 4.90 Å². The summed E-state index contributed by atoms with van der Waals surface area (Å²) in [5.41, 5.74) is 1.68. The molecule has 0 saturated carbocycles. The summed E-state index contributed by atoms with van der Waals surface area (Å²) in [6, 6.07) is 21.1. The van der Waals surface area contributed by atoms with E-state index in [1.54, 1.807) is 12.1 Å². The zero-order chi connectivity index (χ0) is 18.1. The van der Waals surface area contributed by atoms with Crippen LogP contribution in [0.1, 0.15) is 11.1 Å². The summed E-state index contributed by atoms with van der Waals surface area (Å²) >= 11 is 7.12. The number of hydrogen-bond acceptors (Lipinski definition) is 3. The molecule has 1 fully saturated rings. The van der Waals surface area contributed by atoms with Crippen LogP contribution in [0.15, 0.2) is 71.6 Å². The molecule has 2 amide bonds. The molecule has 0 aliphatic carbocycles. The number of halogens is 1. The van der Waals surface area contributed by atoms with Gasteiger partial charge in [-0.1, -0.05) is 72.3 Å². The first-order valence-corrected chi connectivity index (χ1v) is 9.29. The summed E-state index contributed by atoms with van der Waals surface area (Å²) in [6.45, 7) is 0.178. The van der Waals surface area contributed by atoms with Crippen LogP contribution in [-0.2, 0) is 11.3 Å². The Morgan fingerprint density at radius 1 is 0.923 bits per heavy atom. The molecule has 3 aromatic carbocycles. The van der Waals surface area contributed by atoms with Gasteiger partial charge in [-0.15, -0.1) is 0 Å². The smallest absolute Gasteiger partial charge is 0.268 e. The van der Waals surface area contributed by atoms with Gasteiger partial charge in [0.25, 0.3) is 11.1 Å². The average molecular weight is 380 g/mol. The topological polar surface area (TPSA) is 37.4 Å². The fourth-order valence-electron chi connectivity index (χ4n) is 2.95. The number of rotatable bonds is 3. The van der Waals surface area contributed by atoms with Gasteiger partial charge in [0.1, 0.15) is 0 Å². The largest absolute Gasteiger partial charge is 0.293 e. The number of carbonyl (C=O) groups is 2. The van der Waals surface area contributed by atoms with Gasteiger partial charge >= 0.3 is 0 Å². The maximum atomic E-state index is 12.7. The van der Waals surface area contributed by atoms with Crippen molar-refractivity contribution in [3.05, 3.63) is 87.8 Å². The second-order valence-corrected chi connectivity index (χ2v) is 7.33. The fraction of sp³-hybridized carbons (Fsp3) is 0.0476. The molecule has 3 aromatic rings. The maximum Gasteiger partial charge on any atom is 0.293 e. The molecule has 4 rings (SSSR count). The zero-order valence-electron chi connectivity index (χ0n) is 13.7. The van der Waals surface area contributed by atoms with E-state index in [-0.39, 0.29) is 17.7 Å². The monoisotopic (exact) mass is 379 g/mol.